The number of halogens is 1. The first-order chi connectivity index (χ1) is 15.5. The van der Waals surface area contributed by atoms with Gasteiger partial charge < -0.3 is 5.11 Å². The van der Waals surface area contributed by atoms with Crippen molar-refractivity contribution in [2.45, 2.75) is 17.0 Å². The summed E-state index contributed by atoms with van der Waals surface area (Å²) < 4.78 is 29.7. The van der Waals surface area contributed by atoms with Gasteiger partial charge in [-0.3, -0.25) is 9.80 Å². The van der Waals surface area contributed by atoms with Gasteiger partial charge in [0.2, 0.25) is 10.0 Å². The summed E-state index contributed by atoms with van der Waals surface area (Å²) in [6.07, 6.45) is 0. The summed E-state index contributed by atoms with van der Waals surface area (Å²) in [5.41, 5.74) is 2.18. The number of hydrogen-bond donors (Lipinski definition) is 2. The molecule has 2 N–H and O–H groups in total. The van der Waals surface area contributed by atoms with Gasteiger partial charge in [0.25, 0.3) is 0 Å². The quantitative estimate of drug-likeness (QED) is 0.577. The van der Waals surface area contributed by atoms with E-state index in [1.807, 2.05) is 18.2 Å². The highest BCUT2D eigenvalue weighted by molar-refractivity contribution is 7.89. The van der Waals surface area contributed by atoms with E-state index in [1.54, 1.807) is 12.1 Å². The smallest absolute Gasteiger partial charge is 0.241 e. The topological polar surface area (TPSA) is 72.9 Å². The minimum Gasteiger partial charge on any atom is -0.395 e. The Kier molecular flexibility index (Phi) is 5.96. The van der Waals surface area contributed by atoms with Crippen LogP contribution in [0.25, 0.3) is 10.8 Å². The maximum absolute atomic E-state index is 13.3. The van der Waals surface area contributed by atoms with Crippen molar-refractivity contribution in [3.05, 3.63) is 76.8 Å². The van der Waals surface area contributed by atoms with Crippen LogP contribution in [0.5, 0.6) is 0 Å². The molecule has 0 radical (unpaired) electrons. The Hall–Kier alpha value is -2.00. The van der Waals surface area contributed by atoms with E-state index in [9.17, 15) is 13.5 Å². The third-order valence-electron chi connectivity index (χ3n) is 6.56. The van der Waals surface area contributed by atoms with Gasteiger partial charge in [-0.05, 0) is 46.2 Å². The van der Waals surface area contributed by atoms with Crippen molar-refractivity contribution in [2.75, 3.05) is 39.3 Å². The zero-order valence-electron chi connectivity index (χ0n) is 17.6. The van der Waals surface area contributed by atoms with E-state index in [1.165, 1.54) is 12.1 Å². The van der Waals surface area contributed by atoms with Crippen LogP contribution < -0.4 is 4.72 Å². The third kappa shape index (κ3) is 3.94. The number of aliphatic hydroxyl groups is 1. The van der Waals surface area contributed by atoms with E-state index in [2.05, 4.69) is 32.7 Å². The first-order valence-electron chi connectivity index (χ1n) is 10.8. The van der Waals surface area contributed by atoms with Crippen LogP contribution in [0.4, 0.5) is 0 Å². The lowest BCUT2D eigenvalue weighted by molar-refractivity contribution is 0.0743. The standard InChI is InChI=1S/C24H26ClN3O3S/c25-18-7-9-19(10-8-18)32(30,31)26-23-20-5-1-3-17-4-2-6-21(22(17)20)24(23)28-13-11-27(12-14-28)15-16-29/h1-10,23-24,26,29H,11-16H2/t23-,24+/m0/s1. The predicted octanol–water partition coefficient (Wildman–Crippen LogP) is 3.18. The van der Waals surface area contributed by atoms with Gasteiger partial charge in [-0.2, -0.15) is 0 Å². The van der Waals surface area contributed by atoms with Crippen LogP contribution in [0.1, 0.15) is 23.2 Å². The second-order valence-corrected chi connectivity index (χ2v) is 10.5. The van der Waals surface area contributed by atoms with Gasteiger partial charge >= 0.3 is 0 Å². The molecular weight excluding hydrogens is 446 g/mol. The van der Waals surface area contributed by atoms with Crippen molar-refractivity contribution in [3.8, 4) is 0 Å². The summed E-state index contributed by atoms with van der Waals surface area (Å²) in [6, 6.07) is 18.1. The molecule has 168 valence electrons. The molecule has 1 aliphatic carbocycles. The Morgan fingerprint density at radius 2 is 1.59 bits per heavy atom. The van der Waals surface area contributed by atoms with E-state index in [0.29, 0.717) is 11.6 Å². The molecule has 1 saturated heterocycles. The number of rotatable bonds is 6. The van der Waals surface area contributed by atoms with Gasteiger partial charge in [-0.15, -0.1) is 0 Å². The van der Waals surface area contributed by atoms with Crippen molar-refractivity contribution in [3.63, 3.8) is 0 Å². The normalized spacial score (nSPS) is 21.9. The zero-order valence-corrected chi connectivity index (χ0v) is 19.2. The van der Waals surface area contributed by atoms with Gasteiger partial charge in [-0.1, -0.05) is 48.0 Å². The number of hydrogen-bond acceptors (Lipinski definition) is 5. The maximum atomic E-state index is 13.3. The number of sulfonamides is 1. The lowest BCUT2D eigenvalue weighted by atomic mass is 10.0. The lowest BCUT2D eigenvalue weighted by Crippen LogP contribution is -2.50. The SMILES string of the molecule is O=S(=O)(N[C@H]1c2cccc3cccc(c23)[C@H]1N1CCN(CCO)CC1)c1ccc(Cl)cc1. The third-order valence-corrected chi connectivity index (χ3v) is 8.27. The minimum absolute atomic E-state index is 0.0885. The number of β-amino-alcohol motifs (C(OH)–C–C–N with tert-alkyl or cyclic N) is 1. The molecule has 0 amide bonds. The fourth-order valence-corrected chi connectivity index (χ4v) is 6.39. The van der Waals surface area contributed by atoms with E-state index >= 15 is 0 Å². The highest BCUT2D eigenvalue weighted by Gasteiger charge is 2.41. The van der Waals surface area contributed by atoms with E-state index in [-0.39, 0.29) is 23.6 Å². The van der Waals surface area contributed by atoms with Gasteiger partial charge in [0.15, 0.2) is 0 Å². The Labute approximate surface area is 193 Å². The van der Waals surface area contributed by atoms with E-state index in [4.69, 9.17) is 11.6 Å². The van der Waals surface area contributed by atoms with Crippen LogP contribution in [-0.4, -0.2) is 62.7 Å². The van der Waals surface area contributed by atoms with Gasteiger partial charge in [0.1, 0.15) is 0 Å². The molecule has 0 saturated carbocycles. The number of aliphatic hydroxyl groups excluding tert-OH is 1. The highest BCUT2D eigenvalue weighted by Crippen LogP contribution is 2.47. The summed E-state index contributed by atoms with van der Waals surface area (Å²) in [4.78, 5) is 4.82. The van der Waals surface area contributed by atoms with Gasteiger partial charge in [-0.25, -0.2) is 13.1 Å². The predicted molar refractivity (Wildman–Crippen MR) is 126 cm³/mol. The number of nitrogens with one attached hydrogen (secondary N) is 1. The Morgan fingerprint density at radius 3 is 2.25 bits per heavy atom. The molecule has 2 atom stereocenters. The van der Waals surface area contributed by atoms with Crippen LogP contribution in [0.2, 0.25) is 5.02 Å². The summed E-state index contributed by atoms with van der Waals surface area (Å²) >= 11 is 5.96. The van der Waals surface area contributed by atoms with E-state index in [0.717, 1.165) is 48.1 Å². The molecule has 0 spiro atoms. The largest absolute Gasteiger partial charge is 0.395 e. The van der Waals surface area contributed by atoms with Gasteiger partial charge in [0, 0.05) is 37.7 Å². The Bertz CT molecular complexity index is 1220. The Morgan fingerprint density at radius 1 is 0.938 bits per heavy atom. The average molecular weight is 472 g/mol. The molecule has 3 aromatic carbocycles. The van der Waals surface area contributed by atoms with Crippen molar-refractivity contribution >= 4 is 32.4 Å². The molecule has 2 aliphatic rings. The second-order valence-electron chi connectivity index (χ2n) is 8.39. The summed E-state index contributed by atoms with van der Waals surface area (Å²) in [5.74, 6) is 0. The molecule has 6 nitrogen and oxygen atoms in total. The monoisotopic (exact) mass is 471 g/mol. The molecule has 1 aliphatic heterocycles. The van der Waals surface area contributed by atoms with Crippen molar-refractivity contribution < 1.29 is 13.5 Å². The Balaban J connectivity index is 1.52. The second kappa shape index (κ2) is 8.74. The molecule has 1 fully saturated rings. The van der Waals surface area contributed by atoms with Crippen molar-refractivity contribution in [1.29, 1.82) is 0 Å². The molecule has 0 bridgehead atoms. The molecule has 1 heterocycles. The van der Waals surface area contributed by atoms with Crippen molar-refractivity contribution in [2.24, 2.45) is 0 Å². The summed E-state index contributed by atoms with van der Waals surface area (Å²) in [5, 5.41) is 12.0. The van der Waals surface area contributed by atoms with E-state index < -0.39 is 10.0 Å². The highest BCUT2D eigenvalue weighted by atomic mass is 35.5. The lowest BCUT2D eigenvalue weighted by Gasteiger charge is -2.40. The molecule has 0 unspecified atom stereocenters. The molecular formula is C24H26ClN3O3S. The summed E-state index contributed by atoms with van der Waals surface area (Å²) in [6.45, 7) is 4.14. The van der Waals surface area contributed by atoms with Gasteiger partial charge in [0.05, 0.1) is 23.6 Å². The fourth-order valence-electron chi connectivity index (χ4n) is 5.05. The first kappa shape index (κ1) is 21.8. The van der Waals surface area contributed by atoms with Crippen LogP contribution in [0, 0.1) is 0 Å². The molecule has 3 aromatic rings. The van der Waals surface area contributed by atoms with Crippen molar-refractivity contribution in [1.82, 2.24) is 14.5 Å². The van der Waals surface area contributed by atoms with Crippen LogP contribution in [-0.2, 0) is 10.0 Å². The van der Waals surface area contributed by atoms with Crippen LogP contribution in [0.3, 0.4) is 0 Å². The summed E-state index contributed by atoms with van der Waals surface area (Å²) in [7, 11) is -3.74. The van der Waals surface area contributed by atoms with Crippen LogP contribution >= 0.6 is 11.6 Å². The molecule has 0 aromatic heterocycles. The number of benzene rings is 3. The zero-order chi connectivity index (χ0) is 22.3. The maximum Gasteiger partial charge on any atom is 0.241 e. The molecule has 5 rings (SSSR count). The van der Waals surface area contributed by atoms with Crippen LogP contribution in [0.15, 0.2) is 65.6 Å². The minimum atomic E-state index is -3.74. The molecule has 32 heavy (non-hydrogen) atoms. The average Bonchev–Trinajstić information content (AvgIpc) is 3.10. The molecule has 8 heteroatoms. The number of nitrogens with zero attached hydrogens (tertiary/aromatic N) is 2. The first-order valence-corrected chi connectivity index (χ1v) is 12.7. The number of piperazine rings is 1. The fraction of sp³-hybridized carbons (Fsp3) is 0.333.